The zero-order chi connectivity index (χ0) is 42.1. The van der Waals surface area contributed by atoms with Crippen LogP contribution in [0, 0.1) is 47.4 Å². The van der Waals surface area contributed by atoms with E-state index in [0.717, 1.165) is 77.0 Å². The Morgan fingerprint density at radius 3 is 0.879 bits per heavy atom. The highest BCUT2D eigenvalue weighted by molar-refractivity contribution is 5.69. The fourth-order valence-corrected chi connectivity index (χ4v) is 6.74. The first-order valence-electron chi connectivity index (χ1n) is 24.5. The molecule has 0 aliphatic heterocycles. The summed E-state index contributed by atoms with van der Waals surface area (Å²) in [5.74, 6) is 24.5. The smallest absolute Gasteiger partial charge is 0.305 e. The van der Waals surface area contributed by atoms with Gasteiger partial charge in [-0.2, -0.15) is 0 Å². The molecule has 0 saturated heterocycles. The number of carbonyl (C=O) groups is 2. The van der Waals surface area contributed by atoms with Gasteiger partial charge in [-0.05, 0) is 69.3 Å². The maximum absolute atomic E-state index is 12.1. The molecule has 0 saturated carbocycles. The van der Waals surface area contributed by atoms with Crippen LogP contribution in [-0.2, 0) is 19.1 Å². The van der Waals surface area contributed by atoms with Gasteiger partial charge in [0.2, 0.25) is 0 Å². The minimum absolute atomic E-state index is 0.140. The monoisotopic (exact) mass is 804 g/mol. The van der Waals surface area contributed by atoms with Crippen LogP contribution < -0.4 is 0 Å². The minimum Gasteiger partial charge on any atom is -0.464 e. The lowest BCUT2D eigenvalue weighted by molar-refractivity contribution is -0.144. The van der Waals surface area contributed by atoms with E-state index in [1.807, 2.05) is 11.9 Å². The molecule has 5 heteroatoms. The fourth-order valence-electron chi connectivity index (χ4n) is 6.74. The minimum atomic E-state index is -0.140. The molecule has 0 aromatic heterocycles. The van der Waals surface area contributed by atoms with Crippen LogP contribution in [0.4, 0.5) is 0 Å². The average molecular weight is 804 g/mol. The third kappa shape index (κ3) is 47.5. The summed E-state index contributed by atoms with van der Waals surface area (Å²) in [5, 5.41) is 0. The van der Waals surface area contributed by atoms with E-state index in [9.17, 15) is 9.59 Å². The third-order valence-corrected chi connectivity index (χ3v) is 10.6. The largest absolute Gasteiger partial charge is 0.464 e. The van der Waals surface area contributed by atoms with Crippen molar-refractivity contribution < 1.29 is 19.1 Å². The molecule has 0 bridgehead atoms. The van der Waals surface area contributed by atoms with Gasteiger partial charge < -0.3 is 9.47 Å². The highest BCUT2D eigenvalue weighted by Crippen LogP contribution is 2.13. The number of hydrogen-bond donors (Lipinski definition) is 0. The average Bonchev–Trinajstić information content (AvgIpc) is 3.22. The van der Waals surface area contributed by atoms with Crippen LogP contribution in [0.25, 0.3) is 0 Å². The third-order valence-electron chi connectivity index (χ3n) is 10.6. The van der Waals surface area contributed by atoms with Crippen molar-refractivity contribution in [1.29, 1.82) is 0 Å². The van der Waals surface area contributed by atoms with Crippen LogP contribution in [-0.4, -0.2) is 50.2 Å². The number of hydrogen-bond acceptors (Lipinski definition) is 5. The van der Waals surface area contributed by atoms with Crippen molar-refractivity contribution >= 4 is 11.9 Å². The molecule has 0 unspecified atom stereocenters. The van der Waals surface area contributed by atoms with Crippen LogP contribution in [0.2, 0.25) is 0 Å². The van der Waals surface area contributed by atoms with Crippen molar-refractivity contribution in [2.75, 3.05) is 33.4 Å². The van der Waals surface area contributed by atoms with Gasteiger partial charge in [0, 0.05) is 51.6 Å². The van der Waals surface area contributed by atoms with Crippen LogP contribution in [0.5, 0.6) is 0 Å². The van der Waals surface area contributed by atoms with Gasteiger partial charge in [0.25, 0.3) is 0 Å². The topological polar surface area (TPSA) is 55.8 Å². The van der Waals surface area contributed by atoms with Crippen molar-refractivity contribution in [2.24, 2.45) is 0 Å². The van der Waals surface area contributed by atoms with Crippen LogP contribution in [0.15, 0.2) is 0 Å². The molecule has 0 aromatic rings. The highest BCUT2D eigenvalue weighted by atomic mass is 16.5. The number of ether oxygens (including phenoxy) is 2. The summed E-state index contributed by atoms with van der Waals surface area (Å²) in [6, 6.07) is 0. The van der Waals surface area contributed by atoms with E-state index in [1.54, 1.807) is 0 Å². The Morgan fingerprint density at radius 1 is 0.362 bits per heavy atom. The van der Waals surface area contributed by atoms with E-state index >= 15 is 0 Å². The van der Waals surface area contributed by atoms with E-state index < -0.39 is 0 Å². The molecule has 0 rings (SSSR count). The number of carbonyl (C=O) groups excluding carboxylic acids is 2. The molecule has 0 N–H and O–H groups in total. The predicted molar refractivity (Wildman–Crippen MR) is 248 cm³/mol. The number of likely N-dealkylation sites (N-methyl/N-ethyl adjacent to an activating group) is 1. The summed E-state index contributed by atoms with van der Waals surface area (Å²) in [4.78, 5) is 26.2. The van der Waals surface area contributed by atoms with E-state index in [1.165, 1.54) is 141 Å². The zero-order valence-corrected chi connectivity index (χ0v) is 38.4. The Kier molecular flexibility index (Phi) is 46.1. The molecular formula is C53H89NO4. The Balaban J connectivity index is 3.51. The Labute approximate surface area is 360 Å². The summed E-state index contributed by atoms with van der Waals surface area (Å²) in [5.41, 5.74) is 0. The Hall–Kier alpha value is -2.86. The van der Waals surface area contributed by atoms with Crippen molar-refractivity contribution in [3.63, 3.8) is 0 Å². The van der Waals surface area contributed by atoms with Crippen molar-refractivity contribution in [3.8, 4) is 47.4 Å². The second kappa shape index (κ2) is 48.5. The summed E-state index contributed by atoms with van der Waals surface area (Å²) >= 11 is 0. The second-order valence-corrected chi connectivity index (χ2v) is 16.4. The number of rotatable bonds is 40. The molecule has 0 radical (unpaired) electrons. The molecule has 0 spiro atoms. The van der Waals surface area contributed by atoms with E-state index in [4.69, 9.17) is 9.47 Å². The van der Waals surface area contributed by atoms with E-state index in [-0.39, 0.29) is 11.9 Å². The summed E-state index contributed by atoms with van der Waals surface area (Å²) < 4.78 is 10.8. The molecule has 330 valence electrons. The molecule has 0 amide bonds. The van der Waals surface area contributed by atoms with Gasteiger partial charge in [0.05, 0.1) is 0 Å². The van der Waals surface area contributed by atoms with Crippen molar-refractivity contribution in [1.82, 2.24) is 4.90 Å². The zero-order valence-electron chi connectivity index (χ0n) is 38.4. The summed E-state index contributed by atoms with van der Waals surface area (Å²) in [7, 11) is 1.95. The van der Waals surface area contributed by atoms with Crippen LogP contribution in [0.1, 0.15) is 245 Å². The van der Waals surface area contributed by atoms with E-state index in [2.05, 4.69) is 61.2 Å². The molecule has 0 aliphatic carbocycles. The number of nitrogens with zero attached hydrogens (tertiary/aromatic N) is 1. The number of esters is 2. The van der Waals surface area contributed by atoms with Gasteiger partial charge in [-0.15, -0.1) is 0 Å². The van der Waals surface area contributed by atoms with Crippen molar-refractivity contribution in [3.05, 3.63) is 0 Å². The summed E-state index contributed by atoms with van der Waals surface area (Å²) in [6.07, 6.45) is 42.4. The van der Waals surface area contributed by atoms with Gasteiger partial charge in [0.15, 0.2) is 0 Å². The number of unbranched alkanes of at least 4 members (excludes halogenated alkanes) is 30. The summed E-state index contributed by atoms with van der Waals surface area (Å²) in [6.45, 7) is 6.51. The molecule has 0 atom stereocenters. The van der Waals surface area contributed by atoms with Crippen LogP contribution >= 0.6 is 0 Å². The molecular weight excluding hydrogens is 715 g/mol. The molecule has 0 aromatic carbocycles. The first-order chi connectivity index (χ1) is 28.6. The quantitative estimate of drug-likeness (QED) is 0.0351. The normalized spacial score (nSPS) is 10.4. The second-order valence-electron chi connectivity index (χ2n) is 16.4. The maximum atomic E-state index is 12.1. The van der Waals surface area contributed by atoms with Gasteiger partial charge in [0.1, 0.15) is 13.2 Å². The molecule has 5 nitrogen and oxygen atoms in total. The molecule has 0 fully saturated rings. The lowest BCUT2D eigenvalue weighted by Gasteiger charge is -2.16. The maximum Gasteiger partial charge on any atom is 0.305 e. The SMILES string of the molecule is CCCCCCCCCCCCCC#CC#CCCCCCCC(=O)OCCN(C)CCOC(=O)CCCCCCC#CC#CCCCCCCCCCCCCC. The predicted octanol–water partition coefficient (Wildman–Crippen LogP) is 14.1. The van der Waals surface area contributed by atoms with E-state index in [0.29, 0.717) is 39.1 Å². The van der Waals surface area contributed by atoms with Crippen molar-refractivity contribution in [2.45, 2.75) is 245 Å². The van der Waals surface area contributed by atoms with Crippen LogP contribution in [0.3, 0.4) is 0 Å². The Bertz CT molecular complexity index is 1090. The van der Waals surface area contributed by atoms with Gasteiger partial charge in [-0.25, -0.2) is 0 Å². The Morgan fingerprint density at radius 2 is 0.603 bits per heavy atom. The highest BCUT2D eigenvalue weighted by Gasteiger charge is 2.07. The molecule has 58 heavy (non-hydrogen) atoms. The first-order valence-corrected chi connectivity index (χ1v) is 24.5. The van der Waals surface area contributed by atoms with Gasteiger partial charge in [-0.1, -0.05) is 192 Å². The van der Waals surface area contributed by atoms with Gasteiger partial charge >= 0.3 is 11.9 Å². The standard InChI is InChI=1S/C53H89NO4/c1-4-6-8-10-12-14-16-18-20-22-24-26-28-30-32-34-36-38-40-42-44-46-52(55)57-50-48-54(3)49-51-58-53(56)47-45-43-41-39-37-35-33-31-29-27-25-23-21-19-17-15-13-11-9-7-5-2/h4-27,36-51H2,1-3H3. The fraction of sp³-hybridized carbons (Fsp3) is 0.811. The molecule has 0 aliphatic rings. The lowest BCUT2D eigenvalue weighted by atomic mass is 10.1. The van der Waals surface area contributed by atoms with Gasteiger partial charge in [-0.3, -0.25) is 14.5 Å². The molecule has 0 heterocycles. The first kappa shape index (κ1) is 55.1. The lowest BCUT2D eigenvalue weighted by Crippen LogP contribution is -2.28.